The number of carboxylic acids is 1. The van der Waals surface area contributed by atoms with Crippen LogP contribution in [0.2, 0.25) is 0 Å². The van der Waals surface area contributed by atoms with Crippen molar-refractivity contribution >= 4 is 5.97 Å². The number of carbonyl (C=O) groups is 1. The summed E-state index contributed by atoms with van der Waals surface area (Å²) in [6.07, 6.45) is 2.15. The number of carboxylic acid groups (broad SMARTS) is 1. The fourth-order valence-corrected chi connectivity index (χ4v) is 4.65. The first kappa shape index (κ1) is 21.5. The van der Waals surface area contributed by atoms with E-state index in [2.05, 4.69) is 21.1 Å². The highest BCUT2D eigenvalue weighted by Gasteiger charge is 2.43. The van der Waals surface area contributed by atoms with Crippen LogP contribution in [0.25, 0.3) is 11.4 Å². The molecule has 5 rings (SSSR count). The number of hydrogen-bond acceptors (Lipinski definition) is 7. The molecule has 2 aliphatic rings. The van der Waals surface area contributed by atoms with Crippen LogP contribution in [0.4, 0.5) is 0 Å². The number of nitrogens with zero attached hydrogens (tertiary/aromatic N) is 3. The Hall–Kier alpha value is -3.39. The molecule has 3 heterocycles. The zero-order valence-electron chi connectivity index (χ0n) is 18.6. The number of aryl methyl sites for hydroxylation is 1. The van der Waals surface area contributed by atoms with Crippen LogP contribution in [0.1, 0.15) is 36.3 Å². The number of fused-ring (bicyclic) bond motifs is 2. The van der Waals surface area contributed by atoms with E-state index in [9.17, 15) is 4.79 Å². The molecule has 0 atom stereocenters. The van der Waals surface area contributed by atoms with E-state index in [0.29, 0.717) is 31.5 Å². The molecule has 172 valence electrons. The van der Waals surface area contributed by atoms with Gasteiger partial charge in [0, 0.05) is 36.1 Å². The summed E-state index contributed by atoms with van der Waals surface area (Å²) in [4.78, 5) is 17.3. The molecule has 1 aromatic heterocycles. The van der Waals surface area contributed by atoms with Gasteiger partial charge in [0.25, 0.3) is 0 Å². The second-order valence-electron chi connectivity index (χ2n) is 8.83. The summed E-state index contributed by atoms with van der Waals surface area (Å²) in [6, 6.07) is 14.0. The van der Waals surface area contributed by atoms with Gasteiger partial charge in [-0.05, 0) is 37.6 Å². The zero-order valence-corrected chi connectivity index (χ0v) is 18.6. The SMILES string of the molecule is Cc1nc(-c2ccc(COc3ccc4c(c3)OCC43CCN(CCC(=O)O)CC3)cc2)no1. The normalized spacial score (nSPS) is 17.0. The van der Waals surface area contributed by atoms with E-state index in [1.54, 1.807) is 6.92 Å². The fourth-order valence-electron chi connectivity index (χ4n) is 4.65. The van der Waals surface area contributed by atoms with E-state index < -0.39 is 5.97 Å². The zero-order chi connectivity index (χ0) is 22.8. The number of ether oxygens (including phenoxy) is 2. The van der Waals surface area contributed by atoms with Crippen molar-refractivity contribution in [3.63, 3.8) is 0 Å². The van der Waals surface area contributed by atoms with Crippen LogP contribution in [0.15, 0.2) is 47.0 Å². The highest BCUT2D eigenvalue weighted by Crippen LogP contribution is 2.46. The minimum atomic E-state index is -0.740. The molecule has 2 aromatic carbocycles. The largest absolute Gasteiger partial charge is 0.492 e. The Bertz CT molecular complexity index is 1130. The van der Waals surface area contributed by atoms with Gasteiger partial charge in [0.1, 0.15) is 18.1 Å². The predicted octanol–water partition coefficient (Wildman–Crippen LogP) is 3.82. The van der Waals surface area contributed by atoms with E-state index >= 15 is 0 Å². The number of hydrogen-bond donors (Lipinski definition) is 1. The van der Waals surface area contributed by atoms with Gasteiger partial charge in [-0.3, -0.25) is 4.79 Å². The Kier molecular flexibility index (Phi) is 5.76. The van der Waals surface area contributed by atoms with Crippen LogP contribution in [0.5, 0.6) is 11.5 Å². The van der Waals surface area contributed by atoms with E-state index in [1.807, 2.05) is 36.4 Å². The molecule has 3 aromatic rings. The number of piperidine rings is 1. The van der Waals surface area contributed by atoms with Crippen LogP contribution >= 0.6 is 0 Å². The van der Waals surface area contributed by atoms with Crippen molar-refractivity contribution < 1.29 is 23.9 Å². The van der Waals surface area contributed by atoms with E-state index in [-0.39, 0.29) is 11.8 Å². The Labute approximate surface area is 192 Å². The molecule has 0 saturated carbocycles. The number of rotatable bonds is 7. The Morgan fingerprint density at radius 1 is 1.18 bits per heavy atom. The van der Waals surface area contributed by atoms with E-state index in [0.717, 1.165) is 48.6 Å². The fraction of sp³-hybridized carbons (Fsp3) is 0.400. The average molecular weight is 450 g/mol. The average Bonchev–Trinajstić information content (AvgIpc) is 3.41. The maximum absolute atomic E-state index is 10.8. The molecule has 1 fully saturated rings. The number of aromatic nitrogens is 2. The lowest BCUT2D eigenvalue weighted by Crippen LogP contribution is -2.44. The Balaban J connectivity index is 1.19. The second-order valence-corrected chi connectivity index (χ2v) is 8.83. The van der Waals surface area contributed by atoms with Crippen molar-refractivity contribution in [2.75, 3.05) is 26.2 Å². The quantitative estimate of drug-likeness (QED) is 0.581. The number of likely N-dealkylation sites (tertiary alicyclic amines) is 1. The first-order valence-electron chi connectivity index (χ1n) is 11.2. The molecule has 0 unspecified atom stereocenters. The van der Waals surface area contributed by atoms with E-state index in [4.69, 9.17) is 19.1 Å². The molecule has 33 heavy (non-hydrogen) atoms. The monoisotopic (exact) mass is 449 g/mol. The Morgan fingerprint density at radius 2 is 1.97 bits per heavy atom. The van der Waals surface area contributed by atoms with Crippen molar-refractivity contribution in [3.8, 4) is 22.9 Å². The molecule has 2 aliphatic heterocycles. The lowest BCUT2D eigenvalue weighted by atomic mass is 9.74. The topological polar surface area (TPSA) is 97.9 Å². The molecule has 0 bridgehead atoms. The van der Waals surface area contributed by atoms with Gasteiger partial charge in [-0.15, -0.1) is 0 Å². The molecule has 0 radical (unpaired) electrons. The first-order valence-corrected chi connectivity index (χ1v) is 11.2. The highest BCUT2D eigenvalue weighted by atomic mass is 16.5. The molecule has 1 saturated heterocycles. The standard InChI is InChI=1S/C25H27N3O5/c1-17-26-24(27-33-17)19-4-2-18(3-5-19)15-31-20-6-7-21-22(14-20)32-16-25(21)9-12-28(13-10-25)11-8-23(29)30/h2-7,14H,8-13,15-16H2,1H3,(H,29,30). The van der Waals surface area contributed by atoms with Crippen molar-refractivity contribution in [2.24, 2.45) is 0 Å². The van der Waals surface area contributed by atoms with Gasteiger partial charge in [-0.2, -0.15) is 4.98 Å². The summed E-state index contributed by atoms with van der Waals surface area (Å²) in [6.45, 7) is 5.30. The minimum Gasteiger partial charge on any atom is -0.492 e. The van der Waals surface area contributed by atoms with Crippen molar-refractivity contribution in [1.82, 2.24) is 15.0 Å². The summed E-state index contributed by atoms with van der Waals surface area (Å²) >= 11 is 0. The highest BCUT2D eigenvalue weighted by molar-refractivity contribution is 5.66. The van der Waals surface area contributed by atoms with Crippen LogP contribution < -0.4 is 9.47 Å². The maximum Gasteiger partial charge on any atom is 0.304 e. The number of aliphatic carboxylic acids is 1. The molecule has 0 aliphatic carbocycles. The summed E-state index contributed by atoms with van der Waals surface area (Å²) in [7, 11) is 0. The molecular weight excluding hydrogens is 422 g/mol. The van der Waals surface area contributed by atoms with Crippen LogP contribution in [-0.2, 0) is 16.8 Å². The van der Waals surface area contributed by atoms with Gasteiger partial charge in [0.2, 0.25) is 11.7 Å². The van der Waals surface area contributed by atoms with Gasteiger partial charge >= 0.3 is 5.97 Å². The molecule has 8 heteroatoms. The molecule has 0 amide bonds. The number of benzene rings is 2. The Morgan fingerprint density at radius 3 is 2.67 bits per heavy atom. The van der Waals surface area contributed by atoms with Crippen molar-refractivity contribution in [2.45, 2.75) is 38.2 Å². The third kappa shape index (κ3) is 4.57. The minimum absolute atomic E-state index is 0.0247. The van der Waals surface area contributed by atoms with Crippen molar-refractivity contribution in [1.29, 1.82) is 0 Å². The summed E-state index contributed by atoms with van der Waals surface area (Å²) < 4.78 is 17.1. The van der Waals surface area contributed by atoms with Gasteiger partial charge in [-0.1, -0.05) is 35.5 Å². The van der Waals surface area contributed by atoms with Crippen LogP contribution in [-0.4, -0.2) is 52.4 Å². The summed E-state index contributed by atoms with van der Waals surface area (Å²) in [5.74, 6) is 2.06. The third-order valence-corrected chi connectivity index (χ3v) is 6.63. The third-order valence-electron chi connectivity index (χ3n) is 6.63. The van der Waals surface area contributed by atoms with Gasteiger partial charge in [0.15, 0.2) is 0 Å². The predicted molar refractivity (Wildman–Crippen MR) is 120 cm³/mol. The second kappa shape index (κ2) is 8.86. The molecular formula is C25H27N3O5. The van der Waals surface area contributed by atoms with Gasteiger partial charge in [-0.25, -0.2) is 0 Å². The van der Waals surface area contributed by atoms with Crippen molar-refractivity contribution in [3.05, 3.63) is 59.5 Å². The van der Waals surface area contributed by atoms with E-state index in [1.165, 1.54) is 5.56 Å². The maximum atomic E-state index is 10.8. The van der Waals surface area contributed by atoms with Gasteiger partial charge < -0.3 is 24.0 Å². The molecule has 1 N–H and O–H groups in total. The lowest BCUT2D eigenvalue weighted by Gasteiger charge is -2.38. The summed E-state index contributed by atoms with van der Waals surface area (Å²) in [5.41, 5.74) is 3.22. The van der Waals surface area contributed by atoms with Crippen LogP contribution in [0.3, 0.4) is 0 Å². The van der Waals surface area contributed by atoms with Gasteiger partial charge in [0.05, 0.1) is 13.0 Å². The smallest absolute Gasteiger partial charge is 0.304 e. The molecule has 8 nitrogen and oxygen atoms in total. The molecule has 1 spiro atoms. The van der Waals surface area contributed by atoms with Crippen LogP contribution in [0, 0.1) is 6.92 Å². The first-order chi connectivity index (χ1) is 16.0. The lowest BCUT2D eigenvalue weighted by molar-refractivity contribution is -0.137. The summed E-state index contributed by atoms with van der Waals surface area (Å²) in [5, 5.41) is 12.9.